The van der Waals surface area contributed by atoms with Gasteiger partial charge >= 0.3 is 0 Å². The van der Waals surface area contributed by atoms with Gasteiger partial charge in [0.05, 0.1) is 25.2 Å². The van der Waals surface area contributed by atoms with Gasteiger partial charge in [-0.3, -0.25) is 0 Å². The Balaban J connectivity index is 2.01. The second-order valence-corrected chi connectivity index (χ2v) is 8.58. The summed E-state index contributed by atoms with van der Waals surface area (Å²) in [6.45, 7) is 0.127. The van der Waals surface area contributed by atoms with Gasteiger partial charge in [-0.25, -0.2) is 13.8 Å². The monoisotopic (exact) mass is 488 g/mol. The number of aromatic nitrogens is 1. The van der Waals surface area contributed by atoms with E-state index in [0.29, 0.717) is 28.3 Å². The SMILES string of the molecule is COc1ccc(CN(c2nccs2)[S+]([O-])c2cc(Br)c(F)cc2F)c(OC)c1. The van der Waals surface area contributed by atoms with E-state index in [1.165, 1.54) is 28.8 Å². The lowest BCUT2D eigenvalue weighted by atomic mass is 10.2. The number of ether oxygens (including phenoxy) is 2. The van der Waals surface area contributed by atoms with E-state index < -0.39 is 23.0 Å². The molecule has 1 atom stereocenters. The molecular formula is C18H15BrF2N2O3S2. The van der Waals surface area contributed by atoms with Gasteiger partial charge in [-0.05, 0) is 28.1 Å². The van der Waals surface area contributed by atoms with Crippen molar-refractivity contribution in [3.8, 4) is 11.5 Å². The topological polar surface area (TPSA) is 57.7 Å². The number of halogens is 3. The van der Waals surface area contributed by atoms with Gasteiger partial charge in [0.25, 0.3) is 0 Å². The van der Waals surface area contributed by atoms with Crippen molar-refractivity contribution in [3.63, 3.8) is 0 Å². The molecule has 0 radical (unpaired) electrons. The highest BCUT2D eigenvalue weighted by Gasteiger charge is 2.30. The summed E-state index contributed by atoms with van der Waals surface area (Å²) < 4.78 is 53.2. The van der Waals surface area contributed by atoms with Gasteiger partial charge in [0.2, 0.25) is 10.0 Å². The van der Waals surface area contributed by atoms with Crippen LogP contribution in [0.5, 0.6) is 11.5 Å². The quantitative estimate of drug-likeness (QED) is 0.348. The Kier molecular flexibility index (Phi) is 6.76. The van der Waals surface area contributed by atoms with Crippen LogP contribution in [0.25, 0.3) is 0 Å². The third kappa shape index (κ3) is 4.40. The van der Waals surface area contributed by atoms with E-state index in [1.54, 1.807) is 36.9 Å². The predicted molar refractivity (Wildman–Crippen MR) is 108 cm³/mol. The van der Waals surface area contributed by atoms with Crippen molar-refractivity contribution < 1.29 is 22.8 Å². The van der Waals surface area contributed by atoms with Gasteiger partial charge in [0.1, 0.15) is 28.7 Å². The Labute approximate surface area is 176 Å². The maximum Gasteiger partial charge on any atom is 0.229 e. The van der Waals surface area contributed by atoms with Crippen molar-refractivity contribution in [3.05, 3.63) is 63.6 Å². The molecule has 2 aromatic carbocycles. The predicted octanol–water partition coefficient (Wildman–Crippen LogP) is 4.93. The molecule has 0 saturated carbocycles. The molecule has 0 aliphatic heterocycles. The van der Waals surface area contributed by atoms with Gasteiger partial charge in [-0.1, -0.05) is 0 Å². The van der Waals surface area contributed by atoms with E-state index in [0.717, 1.165) is 0 Å². The summed E-state index contributed by atoms with van der Waals surface area (Å²) in [6, 6.07) is 7.09. The third-order valence-corrected chi connectivity index (χ3v) is 6.71. The lowest BCUT2D eigenvalue weighted by molar-refractivity contribution is 0.391. The fourth-order valence-corrected chi connectivity index (χ4v) is 4.93. The lowest BCUT2D eigenvalue weighted by Gasteiger charge is -2.24. The van der Waals surface area contributed by atoms with Crippen molar-refractivity contribution >= 4 is 43.8 Å². The van der Waals surface area contributed by atoms with E-state index in [1.807, 2.05) is 0 Å². The van der Waals surface area contributed by atoms with Crippen molar-refractivity contribution in [2.45, 2.75) is 11.4 Å². The standard InChI is InChI=1S/C18H15BrF2N2O3S2/c1-25-12-4-3-11(16(7-12)26-2)10-23(18-22-5-6-27-18)28(24)17-8-13(19)14(20)9-15(17)21/h3-9H,10H2,1-2H3. The van der Waals surface area contributed by atoms with Crippen LogP contribution in [0, 0.1) is 11.6 Å². The summed E-state index contributed by atoms with van der Waals surface area (Å²) >= 11 is 2.29. The minimum absolute atomic E-state index is 0.0263. The zero-order valence-electron chi connectivity index (χ0n) is 14.8. The lowest BCUT2D eigenvalue weighted by Crippen LogP contribution is -2.31. The molecule has 148 valence electrons. The maximum atomic E-state index is 14.3. The molecule has 0 amide bonds. The molecular weight excluding hydrogens is 474 g/mol. The second kappa shape index (κ2) is 9.08. The molecule has 0 aliphatic carbocycles. The molecule has 1 heterocycles. The molecule has 3 aromatic rings. The van der Waals surface area contributed by atoms with Crippen molar-refractivity contribution in [2.24, 2.45) is 0 Å². The summed E-state index contributed by atoms with van der Waals surface area (Å²) in [5.74, 6) is -0.534. The van der Waals surface area contributed by atoms with E-state index in [2.05, 4.69) is 20.9 Å². The second-order valence-electron chi connectivity index (χ2n) is 5.47. The smallest absolute Gasteiger partial charge is 0.229 e. The number of thiazole rings is 1. The third-order valence-electron chi connectivity index (χ3n) is 3.80. The Morgan fingerprint density at radius 2 is 1.96 bits per heavy atom. The summed E-state index contributed by atoms with van der Waals surface area (Å²) in [6.07, 6.45) is 1.56. The van der Waals surface area contributed by atoms with Gasteiger partial charge in [0.15, 0.2) is 5.82 Å². The van der Waals surface area contributed by atoms with Gasteiger partial charge < -0.3 is 14.0 Å². The molecule has 0 N–H and O–H groups in total. The minimum atomic E-state index is -1.98. The zero-order chi connectivity index (χ0) is 20.3. The van der Waals surface area contributed by atoms with Crippen molar-refractivity contribution in [1.29, 1.82) is 0 Å². The normalized spacial score (nSPS) is 11.9. The molecule has 0 aliphatic rings. The Morgan fingerprint density at radius 1 is 1.18 bits per heavy atom. The van der Waals surface area contributed by atoms with Gasteiger partial charge in [0, 0.05) is 35.3 Å². The number of benzene rings is 2. The van der Waals surface area contributed by atoms with Crippen LogP contribution in [0.2, 0.25) is 0 Å². The summed E-state index contributed by atoms with van der Waals surface area (Å²) in [5, 5.41) is 2.15. The highest BCUT2D eigenvalue weighted by Crippen LogP contribution is 2.33. The first-order chi connectivity index (χ1) is 13.4. The first-order valence-corrected chi connectivity index (χ1v) is 10.7. The van der Waals surface area contributed by atoms with E-state index in [-0.39, 0.29) is 15.9 Å². The molecule has 10 heteroatoms. The number of rotatable bonds is 7. The molecule has 0 fully saturated rings. The first kappa shape index (κ1) is 20.8. The molecule has 0 bridgehead atoms. The highest BCUT2D eigenvalue weighted by atomic mass is 79.9. The molecule has 1 aromatic heterocycles. The molecule has 5 nitrogen and oxygen atoms in total. The molecule has 3 rings (SSSR count). The van der Waals surface area contributed by atoms with E-state index in [9.17, 15) is 13.3 Å². The van der Waals surface area contributed by atoms with Crippen molar-refractivity contribution in [1.82, 2.24) is 4.98 Å². The van der Waals surface area contributed by atoms with Crippen LogP contribution in [-0.2, 0) is 17.9 Å². The number of hydrogen-bond donors (Lipinski definition) is 0. The maximum absolute atomic E-state index is 14.3. The average Bonchev–Trinajstić information content (AvgIpc) is 3.22. The first-order valence-electron chi connectivity index (χ1n) is 7.89. The molecule has 0 saturated heterocycles. The van der Waals surface area contributed by atoms with E-state index in [4.69, 9.17) is 9.47 Å². The molecule has 0 spiro atoms. The van der Waals surface area contributed by atoms with Crippen LogP contribution < -0.4 is 13.8 Å². The Morgan fingerprint density at radius 3 is 2.61 bits per heavy atom. The fraction of sp³-hybridized carbons (Fsp3) is 0.167. The number of methoxy groups -OCH3 is 2. The largest absolute Gasteiger partial charge is 0.588 e. The summed E-state index contributed by atoms with van der Waals surface area (Å²) in [4.78, 5) is 4.04. The number of hydrogen-bond acceptors (Lipinski definition) is 6. The summed E-state index contributed by atoms with van der Waals surface area (Å²) in [5.41, 5.74) is 0.702. The fourth-order valence-electron chi connectivity index (χ4n) is 2.43. The zero-order valence-corrected chi connectivity index (χ0v) is 18.0. The molecule has 1 unspecified atom stereocenters. The van der Waals surface area contributed by atoms with E-state index >= 15 is 0 Å². The molecule has 28 heavy (non-hydrogen) atoms. The highest BCUT2D eigenvalue weighted by molar-refractivity contribution is 9.10. The van der Waals surface area contributed by atoms with Crippen LogP contribution in [0.4, 0.5) is 13.9 Å². The Hall–Kier alpha value is -1.88. The van der Waals surface area contributed by atoms with Crippen LogP contribution in [0.3, 0.4) is 0 Å². The van der Waals surface area contributed by atoms with Crippen LogP contribution >= 0.6 is 27.3 Å². The summed E-state index contributed by atoms with van der Waals surface area (Å²) in [7, 11) is 3.06. The van der Waals surface area contributed by atoms with Gasteiger partial charge in [-0.15, -0.1) is 11.3 Å². The number of nitrogens with zero attached hydrogens (tertiary/aromatic N) is 2. The van der Waals surface area contributed by atoms with Crippen LogP contribution in [-0.4, -0.2) is 23.8 Å². The minimum Gasteiger partial charge on any atom is -0.588 e. The number of anilines is 1. The van der Waals surface area contributed by atoms with Crippen LogP contribution in [0.15, 0.2) is 51.3 Å². The average molecular weight is 489 g/mol. The van der Waals surface area contributed by atoms with Gasteiger partial charge in [-0.2, -0.15) is 4.31 Å². The van der Waals surface area contributed by atoms with Crippen LogP contribution in [0.1, 0.15) is 5.56 Å². The van der Waals surface area contributed by atoms with Crippen molar-refractivity contribution in [2.75, 3.05) is 18.5 Å². The Bertz CT molecular complexity index is 960.